The molecule has 4 atom stereocenters. The zero-order valence-electron chi connectivity index (χ0n) is 17.1. The van der Waals surface area contributed by atoms with Crippen molar-refractivity contribution in [2.24, 2.45) is 0 Å². The van der Waals surface area contributed by atoms with E-state index in [1.807, 2.05) is 26.0 Å². The van der Waals surface area contributed by atoms with Gasteiger partial charge in [0.25, 0.3) is 5.91 Å². The fraction of sp³-hybridized carbons (Fsp3) is 0.524. The number of hydrogen-bond donors (Lipinski definition) is 2. The third-order valence-corrected chi connectivity index (χ3v) is 7.63. The van der Waals surface area contributed by atoms with E-state index in [-0.39, 0.29) is 11.3 Å². The monoisotopic (exact) mass is 431 g/mol. The van der Waals surface area contributed by atoms with Crippen molar-refractivity contribution in [3.8, 4) is 0 Å². The number of fused-ring (bicyclic) bond motifs is 3. The Morgan fingerprint density at radius 1 is 1.27 bits per heavy atom. The first kappa shape index (κ1) is 20.7. The Morgan fingerprint density at radius 3 is 2.67 bits per heavy atom. The van der Waals surface area contributed by atoms with Crippen molar-refractivity contribution in [1.29, 1.82) is 0 Å². The van der Waals surface area contributed by atoms with Crippen molar-refractivity contribution in [3.63, 3.8) is 0 Å². The first-order chi connectivity index (χ1) is 14.1. The van der Waals surface area contributed by atoms with Crippen LogP contribution in [0.2, 0.25) is 0 Å². The van der Waals surface area contributed by atoms with Gasteiger partial charge in [0.1, 0.15) is 23.5 Å². The number of carbonyl (C=O) groups excluding carboxylic acids is 3. The van der Waals surface area contributed by atoms with Gasteiger partial charge in [-0.25, -0.2) is 4.79 Å². The summed E-state index contributed by atoms with van der Waals surface area (Å²) >= 11 is 1.56. The summed E-state index contributed by atoms with van der Waals surface area (Å²) in [6.45, 7) is 5.76. The predicted molar refractivity (Wildman–Crippen MR) is 111 cm³/mol. The van der Waals surface area contributed by atoms with Crippen LogP contribution < -0.4 is 5.32 Å². The maximum atomic E-state index is 13.2. The van der Waals surface area contributed by atoms with Gasteiger partial charge in [-0.05, 0) is 45.2 Å². The highest BCUT2D eigenvalue weighted by molar-refractivity contribution is 8.01. The standard InChI is InChI=1S/C21H25N3O5S/c1-11(17(26)23-10-6-9-14(23)20(28)29)22-16(25)15-21(2,3)30-19-13-8-5-4-7-12(13)18(27)24(15)19/h4-5,7-8,11,14-15,19H,6,9-10H2,1-3H3,(H,22,25)(H,28,29)/t11-,14-,15-,19-/m0/s1. The highest BCUT2D eigenvalue weighted by Crippen LogP contribution is 2.56. The number of carboxylic acid groups (broad SMARTS) is 1. The predicted octanol–water partition coefficient (Wildman–Crippen LogP) is 1.62. The van der Waals surface area contributed by atoms with Crippen LogP contribution in [0.25, 0.3) is 0 Å². The number of rotatable bonds is 4. The number of hydrogen-bond acceptors (Lipinski definition) is 5. The second-order valence-corrected chi connectivity index (χ2v) is 10.3. The van der Waals surface area contributed by atoms with E-state index in [4.69, 9.17) is 0 Å². The van der Waals surface area contributed by atoms with Gasteiger partial charge in [0.05, 0.1) is 0 Å². The molecule has 8 nitrogen and oxygen atoms in total. The Kier molecular flexibility index (Phi) is 5.04. The van der Waals surface area contributed by atoms with Crippen molar-refractivity contribution in [2.45, 2.75) is 61.9 Å². The van der Waals surface area contributed by atoms with Crippen molar-refractivity contribution < 1.29 is 24.3 Å². The number of aliphatic carboxylic acids is 1. The molecule has 160 valence electrons. The third kappa shape index (κ3) is 3.15. The Hall–Kier alpha value is -2.55. The molecular formula is C21H25N3O5S. The minimum absolute atomic E-state index is 0.182. The van der Waals surface area contributed by atoms with Crippen LogP contribution in [0.5, 0.6) is 0 Å². The Bertz CT molecular complexity index is 933. The first-order valence-corrected chi connectivity index (χ1v) is 10.9. The van der Waals surface area contributed by atoms with Gasteiger partial charge < -0.3 is 20.2 Å². The molecule has 2 N–H and O–H groups in total. The topological polar surface area (TPSA) is 107 Å². The van der Waals surface area contributed by atoms with E-state index in [9.17, 15) is 24.3 Å². The average molecular weight is 432 g/mol. The fourth-order valence-corrected chi connectivity index (χ4v) is 6.28. The second kappa shape index (κ2) is 7.30. The molecule has 3 aliphatic heterocycles. The summed E-state index contributed by atoms with van der Waals surface area (Å²) < 4.78 is -0.544. The van der Waals surface area contributed by atoms with Gasteiger partial charge in [0.2, 0.25) is 11.8 Å². The molecule has 9 heteroatoms. The number of likely N-dealkylation sites (tertiary alicyclic amines) is 1. The zero-order chi connectivity index (χ0) is 21.8. The summed E-state index contributed by atoms with van der Waals surface area (Å²) in [5.74, 6) is -2.03. The van der Waals surface area contributed by atoms with Crippen LogP contribution in [0.15, 0.2) is 24.3 Å². The van der Waals surface area contributed by atoms with Crippen molar-refractivity contribution in [2.75, 3.05) is 6.54 Å². The van der Waals surface area contributed by atoms with Gasteiger partial charge in [-0.15, -0.1) is 11.8 Å². The van der Waals surface area contributed by atoms with Crippen LogP contribution in [0.1, 0.15) is 54.9 Å². The van der Waals surface area contributed by atoms with Crippen molar-refractivity contribution >= 4 is 35.5 Å². The lowest BCUT2D eigenvalue weighted by Gasteiger charge is -2.31. The maximum Gasteiger partial charge on any atom is 0.326 e. The Labute approximate surface area is 179 Å². The zero-order valence-corrected chi connectivity index (χ0v) is 17.9. The Balaban J connectivity index is 1.52. The highest BCUT2D eigenvalue weighted by Gasteiger charge is 2.57. The van der Waals surface area contributed by atoms with E-state index in [1.54, 1.807) is 35.7 Å². The van der Waals surface area contributed by atoms with E-state index in [1.165, 1.54) is 4.90 Å². The first-order valence-electron chi connectivity index (χ1n) is 10.1. The van der Waals surface area contributed by atoms with Gasteiger partial charge in [-0.1, -0.05) is 18.2 Å². The molecule has 0 saturated carbocycles. The SMILES string of the molecule is C[C@H](NC(=O)[C@@H]1N2C(=O)c3ccccc3[C@@H]2SC1(C)C)C(=O)N1CCC[C@H]1C(=O)O. The molecule has 1 aromatic carbocycles. The normalized spacial score (nSPS) is 27.6. The summed E-state index contributed by atoms with van der Waals surface area (Å²) in [5, 5.41) is 11.8. The fourth-order valence-electron chi connectivity index (χ4n) is 4.69. The summed E-state index contributed by atoms with van der Waals surface area (Å²) in [4.78, 5) is 53.4. The minimum atomic E-state index is -1.03. The lowest BCUT2D eigenvalue weighted by Crippen LogP contribution is -2.57. The van der Waals surface area contributed by atoms with Gasteiger partial charge in [0, 0.05) is 16.9 Å². The molecule has 1 aromatic rings. The largest absolute Gasteiger partial charge is 0.480 e. The van der Waals surface area contributed by atoms with Gasteiger partial charge in [-0.2, -0.15) is 0 Å². The summed E-state index contributed by atoms with van der Waals surface area (Å²) in [6, 6.07) is 4.89. The molecule has 30 heavy (non-hydrogen) atoms. The van der Waals surface area contributed by atoms with E-state index >= 15 is 0 Å². The van der Waals surface area contributed by atoms with Gasteiger partial charge in [-0.3, -0.25) is 14.4 Å². The highest BCUT2D eigenvalue weighted by atomic mass is 32.2. The Morgan fingerprint density at radius 2 is 1.97 bits per heavy atom. The van der Waals surface area contributed by atoms with E-state index in [0.29, 0.717) is 24.9 Å². The number of thioether (sulfide) groups is 1. The molecule has 2 saturated heterocycles. The van der Waals surface area contributed by atoms with Crippen LogP contribution in [-0.2, 0) is 14.4 Å². The molecule has 0 unspecified atom stereocenters. The summed E-state index contributed by atoms with van der Waals surface area (Å²) in [5.41, 5.74) is 1.51. The van der Waals surface area contributed by atoms with Gasteiger partial charge >= 0.3 is 5.97 Å². The molecular weight excluding hydrogens is 406 g/mol. The minimum Gasteiger partial charge on any atom is -0.480 e. The molecule has 0 radical (unpaired) electrons. The molecule has 3 amide bonds. The quantitative estimate of drug-likeness (QED) is 0.750. The molecule has 3 heterocycles. The average Bonchev–Trinajstić information content (AvgIpc) is 3.34. The van der Waals surface area contributed by atoms with Crippen LogP contribution in [0, 0.1) is 0 Å². The lowest BCUT2D eigenvalue weighted by atomic mass is 10.0. The molecule has 0 aromatic heterocycles. The molecule has 3 aliphatic rings. The van der Waals surface area contributed by atoms with E-state index in [2.05, 4.69) is 5.32 Å². The number of nitrogens with zero attached hydrogens (tertiary/aromatic N) is 2. The molecule has 0 bridgehead atoms. The van der Waals surface area contributed by atoms with E-state index in [0.717, 1.165) is 5.56 Å². The third-order valence-electron chi connectivity index (χ3n) is 6.09. The van der Waals surface area contributed by atoms with Crippen molar-refractivity contribution in [3.05, 3.63) is 35.4 Å². The maximum absolute atomic E-state index is 13.2. The molecule has 0 spiro atoms. The summed E-state index contributed by atoms with van der Waals surface area (Å²) in [7, 11) is 0. The van der Waals surface area contributed by atoms with Crippen LogP contribution in [-0.4, -0.2) is 68.0 Å². The molecule has 0 aliphatic carbocycles. The summed E-state index contributed by atoms with van der Waals surface area (Å²) in [6.07, 6.45) is 1.04. The molecule has 2 fully saturated rings. The number of nitrogens with one attached hydrogen (secondary N) is 1. The number of carbonyl (C=O) groups is 4. The van der Waals surface area contributed by atoms with E-state index < -0.39 is 40.7 Å². The van der Waals surface area contributed by atoms with Crippen LogP contribution in [0.4, 0.5) is 0 Å². The van der Waals surface area contributed by atoms with Crippen molar-refractivity contribution in [1.82, 2.24) is 15.1 Å². The smallest absolute Gasteiger partial charge is 0.326 e. The lowest BCUT2D eigenvalue weighted by molar-refractivity contribution is -0.149. The number of carboxylic acids is 1. The number of benzene rings is 1. The number of amides is 3. The molecule has 4 rings (SSSR count). The van der Waals surface area contributed by atoms with Crippen LogP contribution >= 0.6 is 11.8 Å². The van der Waals surface area contributed by atoms with Crippen LogP contribution in [0.3, 0.4) is 0 Å². The second-order valence-electron chi connectivity index (χ2n) is 8.53. The van der Waals surface area contributed by atoms with Gasteiger partial charge in [0.15, 0.2) is 0 Å².